The minimum absolute atomic E-state index is 0.222. The number of alkyl halides is 3. The third kappa shape index (κ3) is 7.68. The minimum Gasteiger partial charge on any atom is -0.475 e. The second kappa shape index (κ2) is 12.0. The van der Waals surface area contributed by atoms with Crippen molar-refractivity contribution in [3.05, 3.63) is 89.5 Å². The molecule has 1 heterocycles. The van der Waals surface area contributed by atoms with Gasteiger partial charge in [0.1, 0.15) is 0 Å². The molecule has 0 saturated carbocycles. The van der Waals surface area contributed by atoms with Crippen molar-refractivity contribution in [2.24, 2.45) is 0 Å². The Labute approximate surface area is 206 Å². The molecule has 0 spiro atoms. The number of hydrogen-bond acceptors (Lipinski definition) is 4. The number of benzene rings is 3. The van der Waals surface area contributed by atoms with Crippen molar-refractivity contribution in [2.45, 2.75) is 25.6 Å². The third-order valence-electron chi connectivity index (χ3n) is 5.51. The van der Waals surface area contributed by atoms with Crippen LogP contribution in [-0.2, 0) is 11.3 Å². The van der Waals surface area contributed by atoms with Gasteiger partial charge in [-0.2, -0.15) is 18.4 Å². The van der Waals surface area contributed by atoms with Gasteiger partial charge < -0.3 is 10.4 Å². The summed E-state index contributed by atoms with van der Waals surface area (Å²) in [6, 6.07) is 25.3. The number of likely N-dealkylation sites (tertiary alicyclic amines) is 1. The smallest absolute Gasteiger partial charge is 0.475 e. The molecule has 186 valence electrons. The molecule has 3 aromatic carbocycles. The summed E-state index contributed by atoms with van der Waals surface area (Å²) in [5.74, 6) is -2.98. The highest BCUT2D eigenvalue weighted by atomic mass is 19.4. The predicted molar refractivity (Wildman–Crippen MR) is 129 cm³/mol. The lowest BCUT2D eigenvalue weighted by atomic mass is 10.0. The van der Waals surface area contributed by atoms with Crippen LogP contribution in [0.3, 0.4) is 0 Å². The Morgan fingerprint density at radius 2 is 1.58 bits per heavy atom. The number of nitriles is 1. The Morgan fingerprint density at radius 3 is 2.19 bits per heavy atom. The lowest BCUT2D eigenvalue weighted by Crippen LogP contribution is -2.21. The Balaban J connectivity index is 0.000000454. The SMILES string of the molecule is N#Cc1cccc(C(=O)Nc2cccc(-c3ccc(CN4CCCC4)cc3)c2)c1.O=C(O)C(F)(F)F. The third-order valence-corrected chi connectivity index (χ3v) is 5.51. The van der Waals surface area contributed by atoms with Crippen LogP contribution in [0, 0.1) is 11.3 Å². The molecular formula is C27H24F3N3O3. The average Bonchev–Trinajstić information content (AvgIpc) is 3.37. The maximum atomic E-state index is 12.5. The molecule has 0 bridgehead atoms. The largest absolute Gasteiger partial charge is 0.490 e. The van der Waals surface area contributed by atoms with Crippen LogP contribution >= 0.6 is 0 Å². The zero-order chi connectivity index (χ0) is 26.1. The fraction of sp³-hybridized carbons (Fsp3) is 0.222. The minimum atomic E-state index is -5.08. The Kier molecular flexibility index (Phi) is 8.81. The first-order valence-electron chi connectivity index (χ1n) is 11.2. The Hall–Kier alpha value is -4.16. The number of hydrogen-bond donors (Lipinski definition) is 2. The number of carboxylic acids is 1. The van der Waals surface area contributed by atoms with Crippen LogP contribution in [0.1, 0.15) is 34.3 Å². The van der Waals surface area contributed by atoms with Gasteiger partial charge in [0, 0.05) is 17.8 Å². The molecule has 4 rings (SSSR count). The molecular weight excluding hydrogens is 471 g/mol. The van der Waals surface area contributed by atoms with E-state index in [4.69, 9.17) is 15.2 Å². The number of carbonyl (C=O) groups is 2. The first kappa shape index (κ1) is 26.4. The quantitative estimate of drug-likeness (QED) is 0.473. The zero-order valence-electron chi connectivity index (χ0n) is 19.3. The van der Waals surface area contributed by atoms with Crippen molar-refractivity contribution in [1.82, 2.24) is 4.90 Å². The lowest BCUT2D eigenvalue weighted by Gasteiger charge is -2.15. The summed E-state index contributed by atoms with van der Waals surface area (Å²) >= 11 is 0. The normalized spacial score (nSPS) is 13.3. The fourth-order valence-electron chi connectivity index (χ4n) is 3.71. The van der Waals surface area contributed by atoms with Crippen LogP contribution in [0.2, 0.25) is 0 Å². The number of anilines is 1. The van der Waals surface area contributed by atoms with Gasteiger partial charge >= 0.3 is 12.1 Å². The zero-order valence-corrected chi connectivity index (χ0v) is 19.3. The molecule has 36 heavy (non-hydrogen) atoms. The van der Waals surface area contributed by atoms with E-state index in [2.05, 4.69) is 40.6 Å². The van der Waals surface area contributed by atoms with Gasteiger partial charge in [0.25, 0.3) is 5.91 Å². The number of amides is 1. The van der Waals surface area contributed by atoms with Crippen molar-refractivity contribution in [1.29, 1.82) is 5.26 Å². The number of halogens is 3. The van der Waals surface area contributed by atoms with Crippen LogP contribution in [0.25, 0.3) is 11.1 Å². The topological polar surface area (TPSA) is 93.4 Å². The van der Waals surface area contributed by atoms with Crippen molar-refractivity contribution in [3.8, 4) is 17.2 Å². The van der Waals surface area contributed by atoms with E-state index in [0.29, 0.717) is 11.1 Å². The number of nitrogens with zero attached hydrogens (tertiary/aromatic N) is 2. The molecule has 0 radical (unpaired) electrons. The molecule has 3 aromatic rings. The molecule has 1 fully saturated rings. The molecule has 9 heteroatoms. The standard InChI is InChI=1S/C25H23N3O.C2HF3O2/c26-17-20-5-3-7-23(15-20)25(29)27-24-8-4-6-22(16-24)21-11-9-19(10-12-21)18-28-13-1-2-14-28;3-2(4,5)1(6)7/h3-12,15-16H,1-2,13-14,18H2,(H,27,29);(H,6,7). The maximum Gasteiger partial charge on any atom is 0.490 e. The van der Waals surface area contributed by atoms with Crippen LogP contribution < -0.4 is 5.32 Å². The summed E-state index contributed by atoms with van der Waals surface area (Å²) in [7, 11) is 0. The van der Waals surface area contributed by atoms with Crippen LogP contribution in [0.4, 0.5) is 18.9 Å². The van der Waals surface area contributed by atoms with Gasteiger partial charge in [0.2, 0.25) is 0 Å². The van der Waals surface area contributed by atoms with E-state index >= 15 is 0 Å². The van der Waals surface area contributed by atoms with Gasteiger partial charge in [-0.1, -0.05) is 42.5 Å². The highest BCUT2D eigenvalue weighted by Crippen LogP contribution is 2.24. The van der Waals surface area contributed by atoms with Gasteiger partial charge in [0.15, 0.2) is 0 Å². The van der Waals surface area contributed by atoms with E-state index in [1.54, 1.807) is 24.3 Å². The Bertz CT molecular complexity index is 1250. The van der Waals surface area contributed by atoms with Crippen LogP contribution in [-0.4, -0.2) is 41.1 Å². The van der Waals surface area contributed by atoms with Crippen molar-refractivity contribution in [2.75, 3.05) is 18.4 Å². The predicted octanol–water partition coefficient (Wildman–Crippen LogP) is 5.71. The number of rotatable bonds is 5. The number of carboxylic acid groups (broad SMARTS) is 1. The molecule has 0 unspecified atom stereocenters. The molecule has 0 aromatic heterocycles. The van der Waals surface area contributed by atoms with Crippen molar-refractivity contribution in [3.63, 3.8) is 0 Å². The number of carbonyl (C=O) groups excluding carboxylic acids is 1. The van der Waals surface area contributed by atoms with Gasteiger partial charge in [-0.3, -0.25) is 9.69 Å². The van der Waals surface area contributed by atoms with Crippen LogP contribution in [0.15, 0.2) is 72.8 Å². The summed E-state index contributed by atoms with van der Waals surface area (Å²) in [5.41, 5.74) is 5.19. The molecule has 1 aliphatic rings. The van der Waals surface area contributed by atoms with E-state index < -0.39 is 12.1 Å². The first-order chi connectivity index (χ1) is 17.2. The highest BCUT2D eigenvalue weighted by Gasteiger charge is 2.38. The van der Waals surface area contributed by atoms with E-state index in [0.717, 1.165) is 23.4 Å². The molecule has 1 saturated heterocycles. The summed E-state index contributed by atoms with van der Waals surface area (Å²) in [4.78, 5) is 23.9. The molecule has 1 amide bonds. The molecule has 0 atom stereocenters. The van der Waals surface area contributed by atoms with Gasteiger partial charge in [0.05, 0.1) is 11.6 Å². The van der Waals surface area contributed by atoms with E-state index in [1.807, 2.05) is 24.3 Å². The van der Waals surface area contributed by atoms with Gasteiger partial charge in [-0.05, 0) is 73.0 Å². The van der Waals surface area contributed by atoms with Crippen molar-refractivity contribution >= 4 is 17.6 Å². The summed E-state index contributed by atoms with van der Waals surface area (Å²) < 4.78 is 31.7. The van der Waals surface area contributed by atoms with Crippen molar-refractivity contribution < 1.29 is 27.9 Å². The lowest BCUT2D eigenvalue weighted by molar-refractivity contribution is -0.192. The monoisotopic (exact) mass is 495 g/mol. The van der Waals surface area contributed by atoms with Gasteiger partial charge in [-0.15, -0.1) is 0 Å². The molecule has 0 aliphatic carbocycles. The molecule has 1 aliphatic heterocycles. The summed E-state index contributed by atoms with van der Waals surface area (Å²) in [6.07, 6.45) is -2.48. The van der Waals surface area contributed by atoms with E-state index in [1.165, 1.54) is 31.5 Å². The first-order valence-corrected chi connectivity index (χ1v) is 11.2. The Morgan fingerprint density at radius 1 is 0.944 bits per heavy atom. The molecule has 6 nitrogen and oxygen atoms in total. The fourth-order valence-corrected chi connectivity index (χ4v) is 3.71. The summed E-state index contributed by atoms with van der Waals surface area (Å²) in [6.45, 7) is 3.40. The number of nitrogens with one attached hydrogen (secondary N) is 1. The van der Waals surface area contributed by atoms with E-state index in [9.17, 15) is 18.0 Å². The van der Waals surface area contributed by atoms with Crippen LogP contribution in [0.5, 0.6) is 0 Å². The second-order valence-corrected chi connectivity index (χ2v) is 8.21. The number of aliphatic carboxylic acids is 1. The molecule has 2 N–H and O–H groups in total. The highest BCUT2D eigenvalue weighted by molar-refractivity contribution is 6.04. The second-order valence-electron chi connectivity index (χ2n) is 8.21. The van der Waals surface area contributed by atoms with Gasteiger partial charge in [-0.25, -0.2) is 4.79 Å². The maximum absolute atomic E-state index is 12.5. The van der Waals surface area contributed by atoms with E-state index in [-0.39, 0.29) is 5.91 Å². The average molecular weight is 496 g/mol. The summed E-state index contributed by atoms with van der Waals surface area (Å²) in [5, 5.41) is 19.1.